The number of hydrogen-bond acceptors (Lipinski definition) is 12. The van der Waals surface area contributed by atoms with Crippen LogP contribution in [0.25, 0.3) is 0 Å². The summed E-state index contributed by atoms with van der Waals surface area (Å²) in [6, 6.07) is 4.35. The zero-order chi connectivity index (χ0) is 41.1. The molecule has 7 aliphatic carbocycles. The maximum absolute atomic E-state index is 14.8. The molecule has 2 bridgehead atoms. The molecule has 4 saturated carbocycles. The number of benzene rings is 1. The van der Waals surface area contributed by atoms with E-state index in [9.17, 15) is 45.6 Å². The Morgan fingerprint density at radius 3 is 2.40 bits per heavy atom. The molecule has 16 atom stereocenters. The number of carbonyl (C=O) groups excluding carboxylic acids is 1. The molecule has 316 valence electrons. The average Bonchev–Trinajstić information content (AvgIpc) is 3.51. The number of aromatic hydroxyl groups is 2. The lowest BCUT2D eigenvalue weighted by Gasteiger charge is -2.63. The largest absolute Gasteiger partial charge is 0.504 e. The number of phenols is 2. The number of aliphatic hydroxyl groups excluding tert-OH is 4. The highest BCUT2D eigenvalue weighted by molar-refractivity contribution is 5.96. The summed E-state index contributed by atoms with van der Waals surface area (Å²) in [6.45, 7) is 11.4. The maximum atomic E-state index is 14.8. The van der Waals surface area contributed by atoms with E-state index >= 15 is 0 Å². The second-order valence-corrected chi connectivity index (χ2v) is 19.7. The van der Waals surface area contributed by atoms with Crippen LogP contribution in [-0.4, -0.2) is 121 Å². The molecule has 0 unspecified atom stereocenters. The summed E-state index contributed by atoms with van der Waals surface area (Å²) in [6.07, 6.45) is 3.54. The van der Waals surface area contributed by atoms with Crippen LogP contribution in [0.2, 0.25) is 0 Å². The van der Waals surface area contributed by atoms with Crippen molar-refractivity contribution < 1.29 is 55.1 Å². The Morgan fingerprint density at radius 2 is 1.72 bits per heavy atom. The first-order valence-electron chi connectivity index (χ1n) is 21.4. The number of likely N-dealkylation sites (N-methyl/N-ethyl adjacent to an activating group) is 1. The smallest absolute Gasteiger partial charge is 0.160 e. The van der Waals surface area contributed by atoms with Crippen LogP contribution in [-0.2, 0) is 14.3 Å². The Hall–Kier alpha value is -2.39. The van der Waals surface area contributed by atoms with Gasteiger partial charge in [-0.2, -0.15) is 0 Å². The molecule has 9 N–H and O–H groups in total. The molecule has 1 aromatic carbocycles. The summed E-state index contributed by atoms with van der Waals surface area (Å²) in [5, 5.41) is 96.0. The van der Waals surface area contributed by atoms with E-state index in [-0.39, 0.29) is 73.1 Å². The Balaban J connectivity index is 1.22. The van der Waals surface area contributed by atoms with E-state index in [1.165, 1.54) is 12.1 Å². The Bertz CT molecular complexity index is 1820. The van der Waals surface area contributed by atoms with Gasteiger partial charge in [0.25, 0.3) is 0 Å². The fourth-order valence-corrected chi connectivity index (χ4v) is 14.4. The minimum Gasteiger partial charge on any atom is -0.504 e. The molecule has 0 aromatic heterocycles. The van der Waals surface area contributed by atoms with Gasteiger partial charge in [-0.3, -0.25) is 4.79 Å². The molecule has 12 heteroatoms. The average molecular weight is 796 g/mol. The first kappa shape index (κ1) is 41.3. The predicted octanol–water partition coefficient (Wildman–Crippen LogP) is 3.23. The lowest BCUT2D eigenvalue weighted by Crippen LogP contribution is -2.70. The Kier molecular flexibility index (Phi) is 10.2. The molecule has 1 aliphatic heterocycles. The number of nitrogens with one attached hydrogen (secondary N) is 1. The number of fused-ring (bicyclic) bond motifs is 9. The summed E-state index contributed by atoms with van der Waals surface area (Å²) in [5.74, 6) is -4.07. The van der Waals surface area contributed by atoms with Crippen LogP contribution in [0, 0.1) is 45.8 Å². The minimum atomic E-state index is -1.73. The number of aliphatic hydroxyl groups is 6. The molecule has 1 aromatic rings. The molecular formula is C45H65NO11. The van der Waals surface area contributed by atoms with E-state index < -0.39 is 69.8 Å². The first-order chi connectivity index (χ1) is 26.9. The highest BCUT2D eigenvalue weighted by Gasteiger charge is 2.82. The number of ether oxygens (including phenoxy) is 2. The zero-order valence-electron chi connectivity index (χ0n) is 34.2. The molecule has 0 radical (unpaired) electrons. The van der Waals surface area contributed by atoms with Crippen LogP contribution >= 0.6 is 0 Å². The SMILES string of the molecule is CCNCC1=C[C@]2(C)CC[C@@H]1[C@]1(O[C@H]3C[C@]4(O)C5=CC(=O)[C@H]6[C@@H](c7ccc(O)c(O)c7)[C@@H](O)[C@@H](OCCCO)C[C@]6(C)[C@@H]5CC[C@]4(C)[C@@H]3[C@]1(O)CCO)[C@@H](O)[C@H]2C. The van der Waals surface area contributed by atoms with Crippen molar-refractivity contribution in [3.8, 4) is 11.5 Å². The van der Waals surface area contributed by atoms with Gasteiger partial charge < -0.3 is 55.6 Å². The quantitative estimate of drug-likeness (QED) is 0.0951. The van der Waals surface area contributed by atoms with Gasteiger partial charge in [0, 0.05) is 68.3 Å². The van der Waals surface area contributed by atoms with Crippen molar-refractivity contribution in [1.82, 2.24) is 5.32 Å². The van der Waals surface area contributed by atoms with Crippen LogP contribution in [0.5, 0.6) is 11.5 Å². The number of rotatable bonds is 10. The van der Waals surface area contributed by atoms with Gasteiger partial charge in [0.1, 0.15) is 11.2 Å². The van der Waals surface area contributed by atoms with Crippen LogP contribution in [0.1, 0.15) is 97.5 Å². The molecule has 9 rings (SSSR count). The van der Waals surface area contributed by atoms with Crippen molar-refractivity contribution in [3.05, 3.63) is 47.1 Å². The van der Waals surface area contributed by atoms with Gasteiger partial charge in [0.2, 0.25) is 0 Å². The molecule has 1 spiro atoms. The third-order valence-electron chi connectivity index (χ3n) is 17.2. The number of ketones is 1. The van der Waals surface area contributed by atoms with Gasteiger partial charge in [-0.1, -0.05) is 52.3 Å². The van der Waals surface area contributed by atoms with Crippen LogP contribution in [0.4, 0.5) is 0 Å². The summed E-state index contributed by atoms with van der Waals surface area (Å²) >= 11 is 0. The number of hydrogen-bond donors (Lipinski definition) is 9. The van der Waals surface area contributed by atoms with Crippen molar-refractivity contribution in [2.75, 3.05) is 32.9 Å². The standard InChI is InChI=1S/C45H65NO11/c1-6-46-23-26-20-40(3)12-10-27(26)45(39(53)24(40)2)43(54,14-16-48)38-34(57-45)22-44(55)29-19-32(51)36-35(25-8-9-30(49)31(50)18-25)37(52)33(56-17-7-15-47)21-41(36,4)28(29)11-13-42(38,44)5/h8-9,18-20,24,27-28,33-39,46-50,52-55H,6-7,10-17,21-23H2,1-5H3/t24-,27+,28-,33+,34+,35-,36+,37+,38-,39+,40+,41-,42-,43-,44+,45+/m1/s1. The predicted molar refractivity (Wildman–Crippen MR) is 210 cm³/mol. The van der Waals surface area contributed by atoms with Crippen LogP contribution in [0.3, 0.4) is 0 Å². The maximum Gasteiger partial charge on any atom is 0.160 e. The van der Waals surface area contributed by atoms with Crippen molar-refractivity contribution in [2.45, 2.75) is 133 Å². The van der Waals surface area contributed by atoms with Gasteiger partial charge in [0.15, 0.2) is 17.3 Å². The summed E-state index contributed by atoms with van der Waals surface area (Å²) in [5.41, 5.74) is -4.72. The van der Waals surface area contributed by atoms with Gasteiger partial charge in [-0.15, -0.1) is 0 Å². The second-order valence-electron chi connectivity index (χ2n) is 19.7. The van der Waals surface area contributed by atoms with E-state index in [0.29, 0.717) is 49.8 Å². The first-order valence-corrected chi connectivity index (χ1v) is 21.4. The Morgan fingerprint density at radius 1 is 0.982 bits per heavy atom. The van der Waals surface area contributed by atoms with E-state index in [4.69, 9.17) is 9.47 Å². The lowest BCUT2D eigenvalue weighted by atomic mass is 9.43. The fraction of sp³-hybridized carbons (Fsp3) is 0.756. The molecule has 1 heterocycles. The molecular weight excluding hydrogens is 730 g/mol. The summed E-state index contributed by atoms with van der Waals surface area (Å²) < 4.78 is 13.6. The Labute approximate surface area is 336 Å². The monoisotopic (exact) mass is 795 g/mol. The fourth-order valence-electron chi connectivity index (χ4n) is 14.4. The lowest BCUT2D eigenvalue weighted by molar-refractivity contribution is -0.246. The molecule has 1 saturated heterocycles. The molecule has 0 amide bonds. The molecule has 57 heavy (non-hydrogen) atoms. The third kappa shape index (κ3) is 5.47. The van der Waals surface area contributed by atoms with Gasteiger partial charge in [0.05, 0.1) is 30.0 Å². The van der Waals surface area contributed by atoms with E-state index in [2.05, 4.69) is 18.3 Å². The van der Waals surface area contributed by atoms with Crippen molar-refractivity contribution >= 4 is 5.78 Å². The van der Waals surface area contributed by atoms with Gasteiger partial charge >= 0.3 is 0 Å². The van der Waals surface area contributed by atoms with Gasteiger partial charge in [-0.25, -0.2) is 0 Å². The third-order valence-corrected chi connectivity index (χ3v) is 17.2. The topological polar surface area (TPSA) is 209 Å². The van der Waals surface area contributed by atoms with Crippen molar-refractivity contribution in [3.63, 3.8) is 0 Å². The normalized spacial score (nSPS) is 48.5. The molecule has 12 nitrogen and oxygen atoms in total. The highest BCUT2D eigenvalue weighted by Crippen LogP contribution is 2.75. The number of phenolic OH excluding ortho intramolecular Hbond substituents is 2. The number of carbonyl (C=O) groups is 1. The van der Waals surface area contributed by atoms with E-state index in [1.54, 1.807) is 12.1 Å². The van der Waals surface area contributed by atoms with Crippen molar-refractivity contribution in [1.29, 1.82) is 0 Å². The number of allylic oxidation sites excluding steroid dienone is 2. The highest BCUT2D eigenvalue weighted by atomic mass is 16.6. The van der Waals surface area contributed by atoms with Crippen LogP contribution in [0.15, 0.2) is 41.5 Å². The zero-order valence-corrected chi connectivity index (χ0v) is 34.2. The van der Waals surface area contributed by atoms with Crippen LogP contribution < -0.4 is 5.32 Å². The van der Waals surface area contributed by atoms with Gasteiger partial charge in [-0.05, 0) is 97.1 Å². The summed E-state index contributed by atoms with van der Waals surface area (Å²) in [4.78, 5) is 14.8. The van der Waals surface area contributed by atoms with E-state index in [1.807, 2.05) is 27.7 Å². The van der Waals surface area contributed by atoms with E-state index in [0.717, 1.165) is 18.5 Å². The summed E-state index contributed by atoms with van der Waals surface area (Å²) in [7, 11) is 0. The van der Waals surface area contributed by atoms with Crippen molar-refractivity contribution in [2.24, 2.45) is 45.8 Å². The molecule has 5 fully saturated rings. The molecule has 8 aliphatic rings. The minimum absolute atomic E-state index is 0.0432. The second kappa shape index (κ2) is 14.1.